The van der Waals surface area contributed by atoms with Crippen LogP contribution in [0.15, 0.2) is 0 Å². The van der Waals surface area contributed by atoms with Crippen LogP contribution in [0.25, 0.3) is 0 Å². The standard InChI is InChI=1S/C12H27O4Si.3CH3O.Ti/c1-10(2,3)14-17(13,15-11(4,5)6)16-12(7,8)9;3*1-2;/h1-9H3;3*1H3;/q4*-1;+4. The number of hydrogen-bond acceptors (Lipinski definition) is 7. The van der Waals surface area contributed by atoms with Crippen molar-refractivity contribution in [2.45, 2.75) is 79.1 Å². The molecule has 0 N–H and O–H groups in total. The second kappa shape index (κ2) is 8.56. The molecule has 0 saturated carbocycles. The molecule has 0 saturated heterocycles. The molecule has 0 heterocycles. The molecule has 24 heavy (non-hydrogen) atoms. The minimum absolute atomic E-state index is 0.564. The summed E-state index contributed by atoms with van der Waals surface area (Å²) in [4.78, 5) is 0. The Bertz CT molecular complexity index is 332. The predicted molar refractivity (Wildman–Crippen MR) is 90.4 cm³/mol. The average Bonchev–Trinajstić information content (AvgIpc) is 2.29. The van der Waals surface area contributed by atoms with Crippen LogP contribution < -0.4 is 0 Å². The summed E-state index contributed by atoms with van der Waals surface area (Å²) in [5.74, 6) is 0. The Morgan fingerprint density at radius 1 is 0.542 bits per heavy atom. The molecule has 0 radical (unpaired) electrons. The van der Waals surface area contributed by atoms with Crippen molar-refractivity contribution < 1.29 is 44.4 Å². The molecule has 7 nitrogen and oxygen atoms in total. The van der Waals surface area contributed by atoms with Gasteiger partial charge in [0.2, 0.25) is 0 Å². The Kier molecular flexibility index (Phi) is 8.79. The molecule has 0 aliphatic carbocycles. The van der Waals surface area contributed by atoms with E-state index >= 15 is 0 Å². The Morgan fingerprint density at radius 3 is 0.958 bits per heavy atom. The summed E-state index contributed by atoms with van der Waals surface area (Å²) in [7, 11) is 0.759. The molecule has 146 valence electrons. The quantitative estimate of drug-likeness (QED) is 0.573. The Labute approximate surface area is 154 Å². The van der Waals surface area contributed by atoms with Crippen LogP contribution in [0.4, 0.5) is 0 Å². The predicted octanol–water partition coefficient (Wildman–Crippen LogP) is 3.64. The first-order valence-electron chi connectivity index (χ1n) is 7.97. The van der Waals surface area contributed by atoms with E-state index in [0.29, 0.717) is 0 Å². The van der Waals surface area contributed by atoms with Gasteiger partial charge in [0.1, 0.15) is 0 Å². The van der Waals surface area contributed by atoms with Crippen molar-refractivity contribution in [2.24, 2.45) is 0 Å². The molecule has 0 aromatic heterocycles. The summed E-state index contributed by atoms with van der Waals surface area (Å²) in [6, 6.07) is 0. The van der Waals surface area contributed by atoms with Crippen molar-refractivity contribution in [1.29, 1.82) is 0 Å². The SMILES string of the molecule is C[O][Ti]([O]C)([O]C)[O][Si](OC(C)(C)C)(OC(C)(C)C)OC(C)(C)C. The minimum atomic E-state index is -4.05. The third-order valence-electron chi connectivity index (χ3n) is 2.29. The molecule has 0 aliphatic rings. The molecule has 0 atom stereocenters. The summed E-state index contributed by atoms with van der Waals surface area (Å²) in [6.07, 6.45) is 0. The molecule has 0 spiro atoms. The Balaban J connectivity index is 6.04. The Hall–Kier alpha value is 0.651. The van der Waals surface area contributed by atoms with Gasteiger partial charge >= 0.3 is 154 Å². The van der Waals surface area contributed by atoms with Crippen LogP contribution >= 0.6 is 0 Å². The van der Waals surface area contributed by atoms with Gasteiger partial charge in [-0.25, -0.2) is 0 Å². The van der Waals surface area contributed by atoms with E-state index in [1.54, 1.807) is 0 Å². The topological polar surface area (TPSA) is 64.6 Å². The normalized spacial score (nSPS) is 15.0. The van der Waals surface area contributed by atoms with E-state index in [2.05, 4.69) is 0 Å². The molecule has 0 aliphatic heterocycles. The van der Waals surface area contributed by atoms with E-state index in [1.165, 1.54) is 21.3 Å². The second-order valence-corrected chi connectivity index (χ2v) is 14.6. The maximum absolute atomic E-state index is 6.22. The summed E-state index contributed by atoms with van der Waals surface area (Å²) in [5, 5.41) is 0. The van der Waals surface area contributed by atoms with Crippen molar-refractivity contribution in [3.05, 3.63) is 0 Å². The van der Waals surface area contributed by atoms with E-state index in [0.717, 1.165) is 0 Å². The molecule has 0 amide bonds. The first-order chi connectivity index (χ1) is 10.5. The molecular weight excluding hydrogens is 368 g/mol. The summed E-state index contributed by atoms with van der Waals surface area (Å²) in [5.41, 5.74) is -1.69. The van der Waals surface area contributed by atoms with E-state index in [1.807, 2.05) is 62.3 Å². The fraction of sp³-hybridized carbons (Fsp3) is 1.00. The van der Waals surface area contributed by atoms with Crippen molar-refractivity contribution in [3.63, 3.8) is 0 Å². The van der Waals surface area contributed by atoms with Gasteiger partial charge in [-0.2, -0.15) is 0 Å². The van der Waals surface area contributed by atoms with Gasteiger partial charge in [0, 0.05) is 0 Å². The molecule has 0 fully saturated rings. The maximum atomic E-state index is 6.22. The molecule has 0 aromatic carbocycles. The van der Waals surface area contributed by atoms with Crippen LogP contribution in [-0.2, 0) is 44.4 Å². The fourth-order valence-electron chi connectivity index (χ4n) is 1.78. The third kappa shape index (κ3) is 9.38. The van der Waals surface area contributed by atoms with Gasteiger partial charge in [0.15, 0.2) is 0 Å². The Morgan fingerprint density at radius 2 is 0.792 bits per heavy atom. The number of rotatable bonds is 8. The van der Waals surface area contributed by atoms with Gasteiger partial charge < -0.3 is 0 Å². The van der Waals surface area contributed by atoms with Crippen molar-refractivity contribution in [1.82, 2.24) is 0 Å². The van der Waals surface area contributed by atoms with Crippen molar-refractivity contribution >= 4 is 9.05 Å². The molecule has 9 heteroatoms. The number of hydrogen-bond donors (Lipinski definition) is 0. The summed E-state index contributed by atoms with van der Waals surface area (Å²) in [6.45, 7) is 17.2. The van der Waals surface area contributed by atoms with Crippen LogP contribution in [0.5, 0.6) is 0 Å². The van der Waals surface area contributed by atoms with E-state index in [-0.39, 0.29) is 0 Å². The van der Waals surface area contributed by atoms with Crippen LogP contribution in [0.3, 0.4) is 0 Å². The second-order valence-electron chi connectivity index (χ2n) is 8.36. The van der Waals surface area contributed by atoms with Crippen molar-refractivity contribution in [2.75, 3.05) is 21.3 Å². The van der Waals surface area contributed by atoms with Gasteiger partial charge in [-0.3, -0.25) is 0 Å². The van der Waals surface area contributed by atoms with Gasteiger partial charge in [0.25, 0.3) is 0 Å². The molecule has 0 bridgehead atoms. The monoisotopic (exact) mass is 404 g/mol. The molecule has 0 unspecified atom stereocenters. The van der Waals surface area contributed by atoms with Crippen LogP contribution in [0, 0.1) is 0 Å². The van der Waals surface area contributed by atoms with E-state index in [9.17, 15) is 0 Å². The van der Waals surface area contributed by atoms with Crippen LogP contribution in [0.1, 0.15) is 62.3 Å². The van der Waals surface area contributed by atoms with Crippen molar-refractivity contribution in [3.8, 4) is 0 Å². The zero-order valence-corrected chi connectivity index (χ0v) is 19.9. The molecule has 0 aromatic rings. The van der Waals surface area contributed by atoms with Gasteiger partial charge in [-0.1, -0.05) is 0 Å². The summed E-state index contributed by atoms with van der Waals surface area (Å²) >= 11 is -4.05. The molecule has 0 rings (SSSR count). The molecular formula is C15H36O7SiTi. The summed E-state index contributed by atoms with van der Waals surface area (Å²) < 4.78 is 41.2. The zero-order chi connectivity index (χ0) is 19.4. The van der Waals surface area contributed by atoms with Gasteiger partial charge in [0.05, 0.1) is 0 Å². The average molecular weight is 404 g/mol. The first-order valence-corrected chi connectivity index (χ1v) is 12.2. The first kappa shape index (κ1) is 24.7. The van der Waals surface area contributed by atoms with Gasteiger partial charge in [-0.05, 0) is 0 Å². The third-order valence-corrected chi connectivity index (χ3v) is 10.1. The van der Waals surface area contributed by atoms with E-state index in [4.69, 9.17) is 26.2 Å². The van der Waals surface area contributed by atoms with Gasteiger partial charge in [-0.15, -0.1) is 0 Å². The van der Waals surface area contributed by atoms with E-state index < -0.39 is 44.0 Å². The zero-order valence-electron chi connectivity index (χ0n) is 17.4. The van der Waals surface area contributed by atoms with Crippen LogP contribution in [0.2, 0.25) is 0 Å². The van der Waals surface area contributed by atoms with Crippen LogP contribution in [-0.4, -0.2) is 47.2 Å². The fourth-order valence-corrected chi connectivity index (χ4v) is 8.81.